The highest BCUT2D eigenvalue weighted by Crippen LogP contribution is 2.36. The number of nitrogens with zero attached hydrogens (tertiary/aromatic N) is 1. The molecule has 0 radical (unpaired) electrons. The summed E-state index contributed by atoms with van der Waals surface area (Å²) >= 11 is 5.56. The Labute approximate surface area is 204 Å². The lowest BCUT2D eigenvalue weighted by molar-refractivity contribution is -0.137. The summed E-state index contributed by atoms with van der Waals surface area (Å²) in [6, 6.07) is 14.4. The molecule has 0 spiro atoms. The van der Waals surface area contributed by atoms with E-state index in [1.54, 1.807) is 6.07 Å². The second-order valence-corrected chi connectivity index (χ2v) is 9.70. The average molecular weight is 531 g/mol. The van der Waals surface area contributed by atoms with Gasteiger partial charge in [0.25, 0.3) is 5.91 Å². The molecule has 0 atom stereocenters. The smallest absolute Gasteiger partial charge is 0.417 e. The minimum atomic E-state index is -4.68. The van der Waals surface area contributed by atoms with Crippen LogP contribution in [0, 0.1) is 5.82 Å². The van der Waals surface area contributed by atoms with Gasteiger partial charge in [-0.3, -0.25) is 9.10 Å². The van der Waals surface area contributed by atoms with E-state index >= 15 is 0 Å². The molecule has 0 aromatic heterocycles. The molecule has 0 aliphatic rings. The number of halogens is 5. The topological polar surface area (TPSA) is 75.7 Å². The molecule has 1 N–H and O–H groups in total. The van der Waals surface area contributed by atoms with Crippen molar-refractivity contribution in [2.75, 3.05) is 22.5 Å². The van der Waals surface area contributed by atoms with Crippen molar-refractivity contribution in [1.29, 1.82) is 0 Å². The number of rotatable bonds is 8. The second kappa shape index (κ2) is 10.5. The van der Waals surface area contributed by atoms with Crippen LogP contribution in [-0.4, -0.2) is 27.2 Å². The van der Waals surface area contributed by atoms with Crippen LogP contribution in [0.3, 0.4) is 0 Å². The molecule has 0 heterocycles. The molecule has 0 saturated heterocycles. The molecule has 6 nitrogen and oxygen atoms in total. The highest BCUT2D eigenvalue weighted by Gasteiger charge is 2.33. The lowest BCUT2D eigenvalue weighted by atomic mass is 10.2. The van der Waals surface area contributed by atoms with Crippen molar-refractivity contribution >= 4 is 38.9 Å². The van der Waals surface area contributed by atoms with Crippen LogP contribution in [0.2, 0.25) is 5.02 Å². The van der Waals surface area contributed by atoms with Gasteiger partial charge in [-0.05, 0) is 48.5 Å². The second-order valence-electron chi connectivity index (χ2n) is 7.38. The monoisotopic (exact) mass is 530 g/mol. The van der Waals surface area contributed by atoms with Crippen LogP contribution in [0.15, 0.2) is 66.7 Å². The standard InChI is InChI=1S/C23H19ClF4N2O4S/c1-35(32,33)30(13-15-4-2-3-5-21(15)25)17-7-9-18(10-8-17)34-14-22(31)29-16-6-11-20(24)19(12-16)23(26,27)28/h2-12H,13-14H2,1H3,(H,29,31). The summed E-state index contributed by atoms with van der Waals surface area (Å²) in [4.78, 5) is 12.1. The highest BCUT2D eigenvalue weighted by molar-refractivity contribution is 7.92. The van der Waals surface area contributed by atoms with Crippen LogP contribution in [0.25, 0.3) is 0 Å². The fourth-order valence-corrected chi connectivity index (χ4v) is 4.16. The van der Waals surface area contributed by atoms with Crippen LogP contribution >= 0.6 is 11.6 Å². The normalized spacial score (nSPS) is 11.7. The van der Waals surface area contributed by atoms with E-state index in [2.05, 4.69) is 5.32 Å². The van der Waals surface area contributed by atoms with Crippen molar-refractivity contribution in [3.05, 3.63) is 88.7 Å². The van der Waals surface area contributed by atoms with Crippen LogP contribution in [-0.2, 0) is 27.5 Å². The summed E-state index contributed by atoms with van der Waals surface area (Å²) in [6.07, 6.45) is -3.69. The zero-order chi connectivity index (χ0) is 25.8. The Morgan fingerprint density at radius 2 is 1.71 bits per heavy atom. The minimum absolute atomic E-state index is 0.109. The molecule has 12 heteroatoms. The molecule has 3 rings (SSSR count). The maximum Gasteiger partial charge on any atom is 0.417 e. The molecule has 0 unspecified atom stereocenters. The van der Waals surface area contributed by atoms with Gasteiger partial charge < -0.3 is 10.1 Å². The molecule has 186 valence electrons. The number of carbonyl (C=O) groups excluding carboxylic acids is 1. The van der Waals surface area contributed by atoms with Gasteiger partial charge in [0.1, 0.15) is 11.6 Å². The van der Waals surface area contributed by atoms with Crippen molar-refractivity contribution in [3.8, 4) is 5.75 Å². The molecular formula is C23H19ClF4N2O4S. The summed E-state index contributed by atoms with van der Waals surface area (Å²) < 4.78 is 83.8. The van der Waals surface area contributed by atoms with Gasteiger partial charge in [-0.25, -0.2) is 12.8 Å². The number of nitrogens with one attached hydrogen (secondary N) is 1. The van der Waals surface area contributed by atoms with Crippen LogP contribution in [0.1, 0.15) is 11.1 Å². The molecule has 3 aromatic rings. The Bertz CT molecular complexity index is 1320. The summed E-state index contributed by atoms with van der Waals surface area (Å²) in [5.74, 6) is -1.06. The number of sulfonamides is 1. The van der Waals surface area contributed by atoms with Crippen molar-refractivity contribution in [2.45, 2.75) is 12.7 Å². The fourth-order valence-electron chi connectivity index (χ4n) is 3.06. The fraction of sp³-hybridized carbons (Fsp3) is 0.174. The Kier molecular flexibility index (Phi) is 7.91. The Balaban J connectivity index is 1.65. The third kappa shape index (κ3) is 7.09. The van der Waals surface area contributed by atoms with Crippen molar-refractivity contribution in [1.82, 2.24) is 0 Å². The number of alkyl halides is 3. The lowest BCUT2D eigenvalue weighted by Crippen LogP contribution is -2.29. The third-order valence-corrected chi connectivity index (χ3v) is 6.19. The first-order valence-corrected chi connectivity index (χ1v) is 12.2. The number of hydrogen-bond donors (Lipinski definition) is 1. The van der Waals surface area contributed by atoms with Crippen LogP contribution in [0.5, 0.6) is 5.75 Å². The van der Waals surface area contributed by atoms with E-state index in [0.29, 0.717) is 6.07 Å². The van der Waals surface area contributed by atoms with E-state index in [1.807, 2.05) is 0 Å². The van der Waals surface area contributed by atoms with E-state index < -0.39 is 45.1 Å². The summed E-state index contributed by atoms with van der Waals surface area (Å²) in [5.41, 5.74) is -0.763. The number of ether oxygens (including phenoxy) is 1. The molecule has 0 fully saturated rings. The van der Waals surface area contributed by atoms with Gasteiger partial charge in [0.15, 0.2) is 6.61 Å². The predicted molar refractivity (Wildman–Crippen MR) is 124 cm³/mol. The molecular weight excluding hydrogens is 512 g/mol. The predicted octanol–water partition coefficient (Wildman–Crippen LogP) is 5.48. The van der Waals surface area contributed by atoms with Crippen molar-refractivity contribution in [3.63, 3.8) is 0 Å². The maximum absolute atomic E-state index is 14.0. The Morgan fingerprint density at radius 3 is 2.31 bits per heavy atom. The van der Waals surface area contributed by atoms with Gasteiger partial charge >= 0.3 is 6.18 Å². The molecule has 35 heavy (non-hydrogen) atoms. The molecule has 3 aromatic carbocycles. The highest BCUT2D eigenvalue weighted by atomic mass is 35.5. The molecule has 0 aliphatic heterocycles. The first-order valence-electron chi connectivity index (χ1n) is 9.95. The Hall–Kier alpha value is -3.31. The minimum Gasteiger partial charge on any atom is -0.484 e. The average Bonchev–Trinajstić information content (AvgIpc) is 2.77. The number of hydrogen-bond acceptors (Lipinski definition) is 4. The summed E-state index contributed by atoms with van der Waals surface area (Å²) in [5, 5.41) is 1.79. The van der Waals surface area contributed by atoms with Gasteiger partial charge in [0.05, 0.1) is 29.1 Å². The van der Waals surface area contributed by atoms with E-state index in [-0.39, 0.29) is 29.2 Å². The van der Waals surface area contributed by atoms with E-state index in [9.17, 15) is 30.8 Å². The first-order chi connectivity index (χ1) is 16.3. The van der Waals surface area contributed by atoms with Gasteiger partial charge in [-0.15, -0.1) is 0 Å². The van der Waals surface area contributed by atoms with Crippen molar-refractivity contribution < 1.29 is 35.5 Å². The van der Waals surface area contributed by atoms with E-state index in [1.165, 1.54) is 48.5 Å². The van der Waals surface area contributed by atoms with E-state index in [0.717, 1.165) is 16.6 Å². The largest absolute Gasteiger partial charge is 0.484 e. The zero-order valence-corrected chi connectivity index (χ0v) is 19.7. The van der Waals surface area contributed by atoms with Gasteiger partial charge in [-0.2, -0.15) is 13.2 Å². The molecule has 1 amide bonds. The number of carbonyl (C=O) groups is 1. The molecule has 0 saturated carbocycles. The first kappa shape index (κ1) is 26.3. The van der Waals surface area contributed by atoms with Crippen LogP contribution < -0.4 is 14.4 Å². The van der Waals surface area contributed by atoms with E-state index in [4.69, 9.17) is 16.3 Å². The quantitative estimate of drug-likeness (QED) is 0.391. The van der Waals surface area contributed by atoms with Gasteiger partial charge in [0.2, 0.25) is 10.0 Å². The van der Waals surface area contributed by atoms with Crippen molar-refractivity contribution in [2.24, 2.45) is 0 Å². The maximum atomic E-state index is 14.0. The SMILES string of the molecule is CS(=O)(=O)N(Cc1ccccc1F)c1ccc(OCC(=O)Nc2ccc(Cl)c(C(F)(F)F)c2)cc1. The number of benzene rings is 3. The van der Waals surface area contributed by atoms with Crippen LogP contribution in [0.4, 0.5) is 28.9 Å². The number of anilines is 2. The lowest BCUT2D eigenvalue weighted by Gasteiger charge is -2.23. The Morgan fingerprint density at radius 1 is 1.06 bits per heavy atom. The summed E-state index contributed by atoms with van der Waals surface area (Å²) in [7, 11) is -3.75. The summed E-state index contributed by atoms with van der Waals surface area (Å²) in [6.45, 7) is -0.747. The number of amides is 1. The van der Waals surface area contributed by atoms with Gasteiger partial charge in [0, 0.05) is 11.3 Å². The zero-order valence-electron chi connectivity index (χ0n) is 18.1. The molecule has 0 aliphatic carbocycles. The van der Waals surface area contributed by atoms with Gasteiger partial charge in [-0.1, -0.05) is 29.8 Å². The molecule has 0 bridgehead atoms. The third-order valence-electron chi connectivity index (χ3n) is 4.72.